The summed E-state index contributed by atoms with van der Waals surface area (Å²) in [5.41, 5.74) is 2.05. The van der Waals surface area contributed by atoms with Crippen LogP contribution < -0.4 is 4.74 Å². The lowest BCUT2D eigenvalue weighted by Crippen LogP contribution is -2.37. The number of hydrogen-bond donors (Lipinski definition) is 0. The number of thiazole rings is 1. The first-order valence-electron chi connectivity index (χ1n) is 8.46. The number of hydrogen-bond acceptors (Lipinski definition) is 4. The highest BCUT2D eigenvalue weighted by atomic mass is 32.1. The van der Waals surface area contributed by atoms with Gasteiger partial charge in [-0.3, -0.25) is 4.79 Å². The molecule has 0 radical (unpaired) electrons. The molecule has 130 valence electrons. The van der Waals surface area contributed by atoms with E-state index in [1.54, 1.807) is 11.3 Å². The summed E-state index contributed by atoms with van der Waals surface area (Å²) < 4.78 is 5.85. The van der Waals surface area contributed by atoms with E-state index in [4.69, 9.17) is 4.74 Å². The van der Waals surface area contributed by atoms with Gasteiger partial charge in [0.15, 0.2) is 0 Å². The van der Waals surface area contributed by atoms with Crippen LogP contribution in [-0.4, -0.2) is 21.8 Å². The van der Waals surface area contributed by atoms with Crippen molar-refractivity contribution in [2.75, 3.05) is 0 Å². The molecule has 2 aromatic rings. The van der Waals surface area contributed by atoms with Crippen molar-refractivity contribution in [2.24, 2.45) is 0 Å². The Morgan fingerprint density at radius 3 is 2.75 bits per heavy atom. The zero-order valence-electron chi connectivity index (χ0n) is 14.9. The van der Waals surface area contributed by atoms with Crippen molar-refractivity contribution >= 4 is 17.2 Å². The summed E-state index contributed by atoms with van der Waals surface area (Å²) in [6.07, 6.45) is 1.47. The summed E-state index contributed by atoms with van der Waals surface area (Å²) in [5, 5.41) is 2.95. The molecule has 1 aromatic carbocycles. The van der Waals surface area contributed by atoms with Crippen LogP contribution in [0, 0.1) is 6.92 Å². The highest BCUT2D eigenvalue weighted by Crippen LogP contribution is 2.20. The Hall–Kier alpha value is -1.88. The molecule has 2 rings (SSSR count). The maximum Gasteiger partial charge on any atom is 0.222 e. The van der Waals surface area contributed by atoms with Gasteiger partial charge in [0, 0.05) is 17.8 Å². The zero-order valence-corrected chi connectivity index (χ0v) is 15.7. The third-order valence-electron chi connectivity index (χ3n) is 4.12. The highest BCUT2D eigenvalue weighted by Gasteiger charge is 2.19. The average Bonchev–Trinajstić information content (AvgIpc) is 3.05. The first kappa shape index (κ1) is 18.5. The van der Waals surface area contributed by atoms with E-state index in [1.165, 1.54) is 0 Å². The molecule has 1 aromatic heterocycles. The number of rotatable bonds is 8. The highest BCUT2D eigenvalue weighted by molar-refractivity contribution is 7.09. The molecule has 0 spiro atoms. The van der Waals surface area contributed by atoms with Crippen molar-refractivity contribution in [1.29, 1.82) is 0 Å². The van der Waals surface area contributed by atoms with Gasteiger partial charge in [0.2, 0.25) is 5.91 Å². The molecule has 0 fully saturated rings. The minimum atomic E-state index is 0.176. The number of ether oxygens (including phenoxy) is 1. The van der Waals surface area contributed by atoms with Crippen LogP contribution in [0.3, 0.4) is 0 Å². The molecule has 0 aliphatic rings. The van der Waals surface area contributed by atoms with E-state index in [2.05, 4.69) is 18.8 Å². The van der Waals surface area contributed by atoms with Gasteiger partial charge >= 0.3 is 0 Å². The maximum atomic E-state index is 12.1. The Kier molecular flexibility index (Phi) is 6.79. The lowest BCUT2D eigenvalue weighted by atomic mass is 10.2. The topological polar surface area (TPSA) is 42.4 Å². The van der Waals surface area contributed by atoms with Gasteiger partial charge < -0.3 is 9.64 Å². The third kappa shape index (κ3) is 4.81. The van der Waals surface area contributed by atoms with Crippen molar-refractivity contribution in [3.63, 3.8) is 0 Å². The molecule has 1 amide bonds. The van der Waals surface area contributed by atoms with Crippen molar-refractivity contribution in [2.45, 2.75) is 59.7 Å². The van der Waals surface area contributed by atoms with Gasteiger partial charge in [-0.15, -0.1) is 11.3 Å². The number of para-hydroxylation sites is 1. The second-order valence-corrected chi connectivity index (χ2v) is 6.86. The van der Waals surface area contributed by atoms with Crippen molar-refractivity contribution < 1.29 is 9.53 Å². The molecule has 1 atom stereocenters. The molecule has 4 nitrogen and oxygen atoms in total. The van der Waals surface area contributed by atoms with Crippen LogP contribution in [0.4, 0.5) is 0 Å². The molecule has 24 heavy (non-hydrogen) atoms. The van der Waals surface area contributed by atoms with Crippen LogP contribution in [0.2, 0.25) is 0 Å². The van der Waals surface area contributed by atoms with Crippen LogP contribution in [0.15, 0.2) is 29.6 Å². The summed E-state index contributed by atoms with van der Waals surface area (Å²) in [6, 6.07) is 8.19. The molecule has 0 aliphatic carbocycles. The minimum absolute atomic E-state index is 0.176. The number of aryl methyl sites for hydroxylation is 1. The molecular formula is C19H26N2O2S. The fourth-order valence-corrected chi connectivity index (χ4v) is 3.13. The molecule has 0 saturated heterocycles. The predicted octanol–water partition coefficient (Wildman–Crippen LogP) is 4.57. The maximum absolute atomic E-state index is 12.1. The molecular weight excluding hydrogens is 320 g/mol. The Morgan fingerprint density at radius 2 is 2.08 bits per heavy atom. The average molecular weight is 346 g/mol. The van der Waals surface area contributed by atoms with E-state index in [0.29, 0.717) is 19.6 Å². The second-order valence-electron chi connectivity index (χ2n) is 5.92. The van der Waals surface area contributed by atoms with Crippen LogP contribution >= 0.6 is 11.3 Å². The summed E-state index contributed by atoms with van der Waals surface area (Å²) in [6.45, 7) is 9.15. The fraction of sp³-hybridized carbons (Fsp3) is 0.474. The summed E-state index contributed by atoms with van der Waals surface area (Å²) in [4.78, 5) is 18.7. The van der Waals surface area contributed by atoms with E-state index < -0.39 is 0 Å². The van der Waals surface area contributed by atoms with Gasteiger partial charge in [-0.05, 0) is 31.9 Å². The van der Waals surface area contributed by atoms with E-state index in [1.807, 2.05) is 48.4 Å². The smallest absolute Gasteiger partial charge is 0.222 e. The minimum Gasteiger partial charge on any atom is -0.486 e. The van der Waals surface area contributed by atoms with E-state index in [9.17, 15) is 4.79 Å². The normalized spacial score (nSPS) is 12.0. The number of amides is 1. The largest absolute Gasteiger partial charge is 0.486 e. The standard InChI is InChI=1S/C19H26N2O2S/c1-5-15(4)21(19(22)6-2)11-16-13-24-18(20-16)12-23-17-10-8-7-9-14(17)3/h7-10,13,15H,5-6,11-12H2,1-4H3/t15-/m1/s1. The van der Waals surface area contributed by atoms with Gasteiger partial charge in [0.25, 0.3) is 0 Å². The van der Waals surface area contributed by atoms with Crippen molar-refractivity contribution in [1.82, 2.24) is 9.88 Å². The molecule has 0 bridgehead atoms. The first-order valence-corrected chi connectivity index (χ1v) is 9.34. The molecule has 0 saturated carbocycles. The van der Waals surface area contributed by atoms with Gasteiger partial charge in [-0.2, -0.15) is 0 Å². The van der Waals surface area contributed by atoms with Gasteiger partial charge in [-0.1, -0.05) is 32.0 Å². The SMILES string of the molecule is CCC(=O)N(Cc1csc(COc2ccccc2C)n1)[C@H](C)CC. The second kappa shape index (κ2) is 8.83. The summed E-state index contributed by atoms with van der Waals surface area (Å²) in [5.74, 6) is 1.06. The monoisotopic (exact) mass is 346 g/mol. The fourth-order valence-electron chi connectivity index (χ4n) is 2.43. The predicted molar refractivity (Wildman–Crippen MR) is 98.2 cm³/mol. The number of carbonyl (C=O) groups excluding carboxylic acids is 1. The number of aromatic nitrogens is 1. The first-order chi connectivity index (χ1) is 11.5. The van der Waals surface area contributed by atoms with Gasteiger partial charge in [0.05, 0.1) is 12.2 Å². The van der Waals surface area contributed by atoms with Crippen LogP contribution in [0.1, 0.15) is 49.9 Å². The molecule has 0 aliphatic heterocycles. The molecule has 0 N–H and O–H groups in total. The van der Waals surface area contributed by atoms with Gasteiger partial charge in [0.1, 0.15) is 17.4 Å². The van der Waals surface area contributed by atoms with E-state index >= 15 is 0 Å². The Balaban J connectivity index is 1.99. The lowest BCUT2D eigenvalue weighted by Gasteiger charge is -2.27. The number of carbonyl (C=O) groups is 1. The number of benzene rings is 1. The summed E-state index contributed by atoms with van der Waals surface area (Å²) in [7, 11) is 0. The lowest BCUT2D eigenvalue weighted by molar-refractivity contribution is -0.133. The Labute approximate surface area is 148 Å². The molecule has 0 unspecified atom stereocenters. The molecule has 1 heterocycles. The van der Waals surface area contributed by atoms with Gasteiger partial charge in [-0.25, -0.2) is 4.98 Å². The molecule has 5 heteroatoms. The third-order valence-corrected chi connectivity index (χ3v) is 4.99. The Morgan fingerprint density at radius 1 is 1.33 bits per heavy atom. The van der Waals surface area contributed by atoms with Crippen molar-refractivity contribution in [3.05, 3.63) is 45.9 Å². The quantitative estimate of drug-likeness (QED) is 0.703. The van der Waals surface area contributed by atoms with Crippen LogP contribution in [0.5, 0.6) is 5.75 Å². The summed E-state index contributed by atoms with van der Waals surface area (Å²) >= 11 is 1.58. The van der Waals surface area contributed by atoms with Crippen LogP contribution in [0.25, 0.3) is 0 Å². The number of nitrogens with zero attached hydrogens (tertiary/aromatic N) is 2. The Bertz CT molecular complexity index is 669. The van der Waals surface area contributed by atoms with E-state index in [0.717, 1.165) is 28.4 Å². The van der Waals surface area contributed by atoms with Crippen molar-refractivity contribution in [3.8, 4) is 5.75 Å². The zero-order chi connectivity index (χ0) is 17.5. The van der Waals surface area contributed by atoms with E-state index in [-0.39, 0.29) is 11.9 Å². The van der Waals surface area contributed by atoms with Crippen LogP contribution in [-0.2, 0) is 17.9 Å².